The summed E-state index contributed by atoms with van der Waals surface area (Å²) in [5.74, 6) is 1.93. The van der Waals surface area contributed by atoms with Crippen molar-refractivity contribution >= 4 is 27.5 Å². The molecule has 8 heteroatoms. The summed E-state index contributed by atoms with van der Waals surface area (Å²) in [6, 6.07) is 15.4. The SMILES string of the molecule is CC[C@H](C(=O)NC1CCCC1)N(Cc1ccc(C)cc1)C(=O)CN(c1ccc(C23CC4CC(CC(C4)C2)C3)cc1)S(C)(=O)=O. The minimum absolute atomic E-state index is 0.132. The van der Waals surface area contributed by atoms with Crippen LogP contribution in [0.4, 0.5) is 5.69 Å². The van der Waals surface area contributed by atoms with E-state index in [4.69, 9.17) is 0 Å². The molecule has 7 rings (SSSR count). The molecule has 0 unspecified atom stereocenters. The van der Waals surface area contributed by atoms with Crippen molar-refractivity contribution in [2.24, 2.45) is 17.8 Å². The Morgan fingerprint density at radius 1 is 0.909 bits per heavy atom. The molecule has 0 radical (unpaired) electrons. The molecule has 5 saturated carbocycles. The molecular weight excluding hydrogens is 570 g/mol. The summed E-state index contributed by atoms with van der Waals surface area (Å²) >= 11 is 0. The molecule has 2 aromatic rings. The number of hydrogen-bond donors (Lipinski definition) is 1. The lowest BCUT2D eigenvalue weighted by Crippen LogP contribution is -2.53. The second-order valence-corrected chi connectivity index (χ2v) is 16.3. The summed E-state index contributed by atoms with van der Waals surface area (Å²) in [5.41, 5.74) is 4.04. The van der Waals surface area contributed by atoms with Gasteiger partial charge >= 0.3 is 0 Å². The molecule has 0 aliphatic heterocycles. The first kappa shape index (κ1) is 31.1. The lowest BCUT2D eigenvalue weighted by Gasteiger charge is -2.57. The van der Waals surface area contributed by atoms with Crippen molar-refractivity contribution in [2.45, 2.75) is 109 Å². The Labute approximate surface area is 263 Å². The summed E-state index contributed by atoms with van der Waals surface area (Å²) in [5, 5.41) is 3.17. The number of amides is 2. The van der Waals surface area contributed by atoms with E-state index in [2.05, 4.69) is 17.4 Å². The van der Waals surface area contributed by atoms with Crippen LogP contribution in [-0.2, 0) is 31.6 Å². The second-order valence-electron chi connectivity index (χ2n) is 14.4. The summed E-state index contributed by atoms with van der Waals surface area (Å²) in [4.78, 5) is 29.2. The molecule has 0 aromatic heterocycles. The maximum absolute atomic E-state index is 14.1. The number of benzene rings is 2. The maximum atomic E-state index is 14.1. The average molecular weight is 620 g/mol. The maximum Gasteiger partial charge on any atom is 0.244 e. The van der Waals surface area contributed by atoms with Gasteiger partial charge in [-0.05, 0) is 111 Å². The fourth-order valence-corrected chi connectivity index (χ4v) is 10.1. The van der Waals surface area contributed by atoms with Gasteiger partial charge < -0.3 is 10.2 Å². The molecule has 238 valence electrons. The Bertz CT molecular complexity index is 1410. The minimum atomic E-state index is -3.77. The molecule has 7 nitrogen and oxygen atoms in total. The van der Waals surface area contributed by atoms with Crippen molar-refractivity contribution in [1.82, 2.24) is 10.2 Å². The zero-order valence-electron chi connectivity index (χ0n) is 26.6. The van der Waals surface area contributed by atoms with Crippen molar-refractivity contribution in [3.63, 3.8) is 0 Å². The quantitative estimate of drug-likeness (QED) is 0.330. The van der Waals surface area contributed by atoms with E-state index in [9.17, 15) is 18.0 Å². The zero-order valence-corrected chi connectivity index (χ0v) is 27.5. The fraction of sp³-hybridized carbons (Fsp3) is 0.611. The van der Waals surface area contributed by atoms with Crippen LogP contribution in [0.1, 0.15) is 94.2 Å². The Kier molecular flexibility index (Phi) is 8.84. The van der Waals surface area contributed by atoms with Crippen LogP contribution >= 0.6 is 0 Å². The number of nitrogens with zero attached hydrogens (tertiary/aromatic N) is 2. The average Bonchev–Trinajstić information content (AvgIpc) is 3.48. The Hall–Kier alpha value is -2.87. The molecule has 44 heavy (non-hydrogen) atoms. The van der Waals surface area contributed by atoms with Gasteiger partial charge in [0.25, 0.3) is 0 Å². The number of rotatable bonds is 11. The fourth-order valence-electron chi connectivity index (χ4n) is 9.24. The molecule has 5 fully saturated rings. The third-order valence-electron chi connectivity index (χ3n) is 11.0. The summed E-state index contributed by atoms with van der Waals surface area (Å²) in [7, 11) is -3.77. The van der Waals surface area contributed by atoms with Crippen molar-refractivity contribution in [3.05, 3.63) is 65.2 Å². The standard InChI is InChI=1S/C36H49N3O4S/c1-4-33(35(41)37-31-7-5-6-8-31)38(23-26-11-9-25(2)10-12-26)34(40)24-39(44(3,42)43)32-15-13-30(14-16-32)36-20-27-17-28(21-36)19-29(18-27)22-36/h9-16,27-29,31,33H,4-8,17-24H2,1-3H3,(H,37,41)/t27?,28?,29?,33-,36?/m1/s1. The highest BCUT2D eigenvalue weighted by molar-refractivity contribution is 7.92. The van der Waals surface area contributed by atoms with Crippen LogP contribution in [0.3, 0.4) is 0 Å². The van der Waals surface area contributed by atoms with E-state index in [0.29, 0.717) is 12.1 Å². The predicted molar refractivity (Wildman–Crippen MR) is 175 cm³/mol. The highest BCUT2D eigenvalue weighted by Gasteiger charge is 2.51. The van der Waals surface area contributed by atoms with Crippen molar-refractivity contribution in [1.29, 1.82) is 0 Å². The molecule has 0 saturated heterocycles. The molecule has 4 bridgehead atoms. The smallest absolute Gasteiger partial charge is 0.244 e. The van der Waals surface area contributed by atoms with Crippen LogP contribution in [0.2, 0.25) is 0 Å². The van der Waals surface area contributed by atoms with E-state index in [-0.39, 0.29) is 36.4 Å². The first-order chi connectivity index (χ1) is 21.0. The first-order valence-electron chi connectivity index (χ1n) is 16.8. The van der Waals surface area contributed by atoms with Gasteiger partial charge in [-0.1, -0.05) is 61.7 Å². The molecule has 5 aliphatic rings. The van der Waals surface area contributed by atoms with Crippen LogP contribution in [0.25, 0.3) is 0 Å². The number of carbonyl (C=O) groups is 2. The van der Waals surface area contributed by atoms with Gasteiger partial charge in [0, 0.05) is 12.6 Å². The molecule has 1 N–H and O–H groups in total. The van der Waals surface area contributed by atoms with E-state index < -0.39 is 16.1 Å². The molecule has 0 heterocycles. The van der Waals surface area contributed by atoms with E-state index in [1.807, 2.05) is 50.2 Å². The van der Waals surface area contributed by atoms with Crippen LogP contribution < -0.4 is 9.62 Å². The largest absolute Gasteiger partial charge is 0.352 e. The van der Waals surface area contributed by atoms with E-state index in [1.54, 1.807) is 4.90 Å². The van der Waals surface area contributed by atoms with Crippen LogP contribution in [0.15, 0.2) is 48.5 Å². The van der Waals surface area contributed by atoms with E-state index >= 15 is 0 Å². The lowest BCUT2D eigenvalue weighted by molar-refractivity contribution is -0.140. The number of nitrogens with one attached hydrogen (secondary N) is 1. The monoisotopic (exact) mass is 619 g/mol. The molecule has 0 spiro atoms. The molecule has 1 atom stereocenters. The van der Waals surface area contributed by atoms with Gasteiger partial charge in [-0.2, -0.15) is 0 Å². The second kappa shape index (κ2) is 12.5. The summed E-state index contributed by atoms with van der Waals surface area (Å²) in [6.07, 6.45) is 13.5. The van der Waals surface area contributed by atoms with Crippen LogP contribution in [0, 0.1) is 24.7 Å². The third-order valence-corrected chi connectivity index (χ3v) is 12.2. The number of sulfonamides is 1. The van der Waals surface area contributed by atoms with Crippen LogP contribution in [-0.4, -0.2) is 50.0 Å². The Balaban J connectivity index is 1.24. The summed E-state index contributed by atoms with van der Waals surface area (Å²) < 4.78 is 27.6. The Morgan fingerprint density at radius 3 is 2.00 bits per heavy atom. The number of hydrogen-bond acceptors (Lipinski definition) is 4. The predicted octanol–water partition coefficient (Wildman–Crippen LogP) is 6.10. The molecular formula is C36H49N3O4S. The minimum Gasteiger partial charge on any atom is -0.352 e. The van der Waals surface area contributed by atoms with Crippen molar-refractivity contribution in [2.75, 3.05) is 17.1 Å². The summed E-state index contributed by atoms with van der Waals surface area (Å²) in [6.45, 7) is 3.80. The van der Waals surface area contributed by atoms with Gasteiger partial charge in [-0.25, -0.2) is 8.42 Å². The van der Waals surface area contributed by atoms with E-state index in [1.165, 1.54) is 48.4 Å². The number of carbonyl (C=O) groups excluding carboxylic acids is 2. The van der Waals surface area contributed by atoms with Gasteiger partial charge in [0.2, 0.25) is 21.8 Å². The lowest BCUT2D eigenvalue weighted by atomic mass is 9.48. The highest BCUT2D eigenvalue weighted by Crippen LogP contribution is 2.60. The van der Waals surface area contributed by atoms with E-state index in [0.717, 1.165) is 60.8 Å². The number of aryl methyl sites for hydroxylation is 1. The topological polar surface area (TPSA) is 86.8 Å². The number of anilines is 1. The molecule has 5 aliphatic carbocycles. The van der Waals surface area contributed by atoms with Gasteiger partial charge in [0.05, 0.1) is 11.9 Å². The van der Waals surface area contributed by atoms with Gasteiger partial charge in [-0.3, -0.25) is 13.9 Å². The van der Waals surface area contributed by atoms with Gasteiger partial charge in [0.1, 0.15) is 12.6 Å². The van der Waals surface area contributed by atoms with Gasteiger partial charge in [0.15, 0.2) is 0 Å². The third kappa shape index (κ3) is 6.56. The zero-order chi connectivity index (χ0) is 31.1. The molecule has 2 aromatic carbocycles. The van der Waals surface area contributed by atoms with Crippen molar-refractivity contribution < 1.29 is 18.0 Å². The highest BCUT2D eigenvalue weighted by atomic mass is 32.2. The Morgan fingerprint density at radius 2 is 1.48 bits per heavy atom. The normalized spacial score (nSPS) is 26.8. The first-order valence-corrected chi connectivity index (χ1v) is 18.6. The van der Waals surface area contributed by atoms with Crippen LogP contribution in [0.5, 0.6) is 0 Å². The van der Waals surface area contributed by atoms with Gasteiger partial charge in [-0.15, -0.1) is 0 Å². The molecule has 2 amide bonds. The van der Waals surface area contributed by atoms with Crippen molar-refractivity contribution in [3.8, 4) is 0 Å².